The number of hydrogen-bond acceptors (Lipinski definition) is 1. The summed E-state index contributed by atoms with van der Waals surface area (Å²) in [5.41, 5.74) is 0. The molecule has 24 valence electrons. The molecule has 1 saturated heterocycles. The Labute approximate surface area is 28.4 Å². The van der Waals surface area contributed by atoms with Crippen LogP contribution in [0.3, 0.4) is 0 Å². The molecule has 0 N–H and O–H groups in total. The smallest absolute Gasteiger partial charge is 0.0488 e. The highest BCUT2D eigenvalue weighted by atomic mass is 16.5. The Morgan fingerprint density at radius 2 is 2.25 bits per heavy atom. The molecule has 4 heavy (non-hydrogen) atoms. The fourth-order valence-corrected chi connectivity index (χ4v) is 0.102. The van der Waals surface area contributed by atoms with Crippen molar-refractivity contribution in [2.24, 2.45) is 0 Å². The first-order valence-corrected chi connectivity index (χ1v) is 1.28. The van der Waals surface area contributed by atoms with E-state index >= 15 is 0 Å². The van der Waals surface area contributed by atoms with Crippen LogP contribution < -0.4 is 0 Å². The van der Waals surface area contributed by atoms with Crippen LogP contribution in [0.15, 0.2) is 0 Å². The lowest BCUT2D eigenvalue weighted by atomic mass is 10.4. The van der Waals surface area contributed by atoms with Gasteiger partial charge in [0.2, 0.25) is 0 Å². The highest BCUT2D eigenvalue weighted by molar-refractivity contribution is 4.41. The third kappa shape index (κ3) is 0.115. The fourth-order valence-electron chi connectivity index (χ4n) is 0.102. The van der Waals surface area contributed by atoms with E-state index in [9.17, 15) is 0 Å². The summed E-state index contributed by atoms with van der Waals surface area (Å²) >= 11 is 0. The molecule has 0 spiro atoms. The van der Waals surface area contributed by atoms with Gasteiger partial charge < -0.3 is 4.74 Å². The second-order valence-corrected chi connectivity index (χ2v) is 0.743. The Balaban J connectivity index is 2.31. The second-order valence-electron chi connectivity index (χ2n) is 0.743. The van der Waals surface area contributed by atoms with Crippen molar-refractivity contribution in [2.45, 2.75) is 6.37 Å². The zero-order chi connectivity index (χ0) is 4.62. The van der Waals surface area contributed by atoms with Crippen molar-refractivity contribution in [2.75, 3.05) is 13.2 Å². The highest BCUT2D eigenvalue weighted by Gasteiger charge is 1.94. The maximum absolute atomic E-state index is 6.81. The largest absolute Gasteiger partial charge is 0.381 e. The average molecular weight is 60.1 g/mol. The molecule has 0 saturated carbocycles. The number of ether oxygens (including phenoxy) is 1. The molecule has 0 aliphatic carbocycles. The van der Waals surface area contributed by atoms with Gasteiger partial charge in [-0.2, -0.15) is 0 Å². The van der Waals surface area contributed by atoms with E-state index in [0.717, 1.165) is 0 Å². The molecule has 1 heterocycles. The normalized spacial score (nSPS) is 44.0. The van der Waals surface area contributed by atoms with Gasteiger partial charge in [-0.15, -0.1) is 0 Å². The molecule has 1 fully saturated rings. The van der Waals surface area contributed by atoms with Crippen LogP contribution in [-0.2, 0) is 4.74 Å². The topological polar surface area (TPSA) is 9.23 Å². The van der Waals surface area contributed by atoms with Crippen molar-refractivity contribution in [1.29, 1.82) is 0 Å². The van der Waals surface area contributed by atoms with Crippen LogP contribution >= 0.6 is 0 Å². The minimum atomic E-state index is -1.00. The molecular weight excluding hydrogens is 52.0 g/mol. The van der Waals surface area contributed by atoms with Gasteiger partial charge in [0.1, 0.15) is 0 Å². The molecule has 1 nitrogen and oxygen atoms in total. The van der Waals surface area contributed by atoms with Gasteiger partial charge in [0.15, 0.2) is 0 Å². The summed E-state index contributed by atoms with van der Waals surface area (Å²) in [6, 6.07) is 0. The summed E-state index contributed by atoms with van der Waals surface area (Å²) in [4.78, 5) is 0. The lowest BCUT2D eigenvalue weighted by Crippen LogP contribution is -2.09. The van der Waals surface area contributed by atoms with E-state index in [0.29, 0.717) is 0 Å². The lowest BCUT2D eigenvalue weighted by Gasteiger charge is -2.09. The molecule has 0 aromatic rings. The Bertz CT molecular complexity index is 55.8. The first kappa shape index (κ1) is 0.977. The van der Waals surface area contributed by atoms with Crippen LogP contribution in [0.2, 0.25) is 0 Å². The van der Waals surface area contributed by atoms with Crippen LogP contribution in [-0.4, -0.2) is 13.2 Å². The quantitative estimate of drug-likeness (QED) is 0.393. The molecule has 0 radical (unpaired) electrons. The van der Waals surface area contributed by atoms with Crippen LogP contribution in [0.1, 0.15) is 9.11 Å². The summed E-state index contributed by atoms with van der Waals surface area (Å²) < 4.78 is 18.2. The van der Waals surface area contributed by atoms with Gasteiger partial charge in [0.25, 0.3) is 0 Å². The third-order valence-corrected chi connectivity index (χ3v) is 0.408. The van der Waals surface area contributed by atoms with Crippen LogP contribution in [0.4, 0.5) is 0 Å². The molecule has 1 rings (SSSR count). The van der Waals surface area contributed by atoms with Gasteiger partial charge in [-0.25, -0.2) is 0 Å². The van der Waals surface area contributed by atoms with E-state index in [4.69, 9.17) is 2.74 Å². The van der Waals surface area contributed by atoms with Gasteiger partial charge in [-0.1, -0.05) is 0 Å². The standard InChI is InChI=1S/C3H6O/c1-2-4-3-1/h1-3H2/i1D2. The summed E-state index contributed by atoms with van der Waals surface area (Å²) in [6.07, 6.45) is -1.00. The second kappa shape index (κ2) is 0.725. The summed E-state index contributed by atoms with van der Waals surface area (Å²) in [5, 5.41) is 0. The van der Waals surface area contributed by atoms with E-state index < -0.39 is 6.37 Å². The van der Waals surface area contributed by atoms with Crippen molar-refractivity contribution in [3.8, 4) is 0 Å². The van der Waals surface area contributed by atoms with Crippen molar-refractivity contribution >= 4 is 0 Å². The first-order valence-electron chi connectivity index (χ1n) is 2.28. The molecule has 0 unspecified atom stereocenters. The summed E-state index contributed by atoms with van der Waals surface area (Å²) in [7, 11) is 0. The maximum atomic E-state index is 6.81. The number of hydrogen-bond donors (Lipinski definition) is 0. The maximum Gasteiger partial charge on any atom is 0.0488 e. The van der Waals surface area contributed by atoms with Gasteiger partial charge in [0, 0.05) is 16.0 Å². The van der Waals surface area contributed by atoms with Gasteiger partial charge >= 0.3 is 0 Å². The Kier molecular flexibility index (Phi) is 0.177. The summed E-state index contributed by atoms with van der Waals surface area (Å²) in [5.74, 6) is 0. The Morgan fingerprint density at radius 3 is 2.25 bits per heavy atom. The monoisotopic (exact) mass is 60.1 g/mol. The van der Waals surface area contributed by atoms with Gasteiger partial charge in [0.05, 0.1) is 0 Å². The van der Waals surface area contributed by atoms with E-state index in [-0.39, 0.29) is 13.2 Å². The molecule has 1 heteroatoms. The van der Waals surface area contributed by atoms with Crippen molar-refractivity contribution < 1.29 is 7.48 Å². The molecule has 0 amide bonds. The zero-order valence-corrected chi connectivity index (χ0v) is 2.32. The molecule has 0 atom stereocenters. The zero-order valence-electron chi connectivity index (χ0n) is 4.32. The van der Waals surface area contributed by atoms with E-state index in [1.165, 1.54) is 0 Å². The molecule has 0 aromatic heterocycles. The van der Waals surface area contributed by atoms with Crippen molar-refractivity contribution in [3.05, 3.63) is 0 Å². The first-order chi connectivity index (χ1) is 2.71. The highest BCUT2D eigenvalue weighted by Crippen LogP contribution is 1.92. The van der Waals surface area contributed by atoms with Crippen LogP contribution in [0.5, 0.6) is 0 Å². The fraction of sp³-hybridized carbons (Fsp3) is 1.00. The SMILES string of the molecule is [2H]C1([2H])COC1. The molecular formula is C3H6O. The molecule has 1 aliphatic heterocycles. The lowest BCUT2D eigenvalue weighted by molar-refractivity contribution is 0.0367. The number of rotatable bonds is 0. The van der Waals surface area contributed by atoms with Gasteiger partial charge in [-0.05, 0) is 6.37 Å². The predicted molar refractivity (Wildman–Crippen MR) is 15.4 cm³/mol. The average Bonchev–Trinajstić information content (AvgIpc) is 1.32. The van der Waals surface area contributed by atoms with Crippen molar-refractivity contribution in [3.63, 3.8) is 0 Å². The molecule has 1 aliphatic rings. The van der Waals surface area contributed by atoms with E-state index in [2.05, 4.69) is 4.74 Å². The minimum Gasteiger partial charge on any atom is -0.381 e. The predicted octanol–water partition coefficient (Wildman–Crippen LogP) is 0.407. The van der Waals surface area contributed by atoms with Crippen molar-refractivity contribution in [1.82, 2.24) is 0 Å². The minimum absolute atomic E-state index is 0.285. The third-order valence-electron chi connectivity index (χ3n) is 0.408. The van der Waals surface area contributed by atoms with E-state index in [1.807, 2.05) is 0 Å². The molecule has 0 bridgehead atoms. The van der Waals surface area contributed by atoms with E-state index in [1.54, 1.807) is 0 Å². The Hall–Kier alpha value is -0.0400. The summed E-state index contributed by atoms with van der Waals surface area (Å²) in [6.45, 7) is 0.569. The van der Waals surface area contributed by atoms with Crippen LogP contribution in [0, 0.1) is 0 Å². The Morgan fingerprint density at radius 1 is 1.75 bits per heavy atom. The van der Waals surface area contributed by atoms with Gasteiger partial charge in [-0.3, -0.25) is 0 Å². The van der Waals surface area contributed by atoms with Crippen LogP contribution in [0.25, 0.3) is 0 Å². The molecule has 0 aromatic carbocycles.